The van der Waals surface area contributed by atoms with Gasteiger partial charge in [-0.3, -0.25) is 9.59 Å². The zero-order chi connectivity index (χ0) is 26.5. The molecule has 0 saturated carbocycles. The fourth-order valence-corrected chi connectivity index (χ4v) is 2.80. The zero-order valence-corrected chi connectivity index (χ0v) is 20.0. The van der Waals surface area contributed by atoms with Crippen molar-refractivity contribution < 1.29 is 47.7 Å². The minimum Gasteiger partial charge on any atom is -0.462 e. The molecule has 12 heteroatoms. The highest BCUT2D eigenvalue weighted by molar-refractivity contribution is 5.81. The number of amides is 2. The molecule has 0 unspecified atom stereocenters. The molecule has 0 spiro atoms. The number of nitrogens with one attached hydrogen (secondary N) is 2. The predicted octanol–water partition coefficient (Wildman–Crippen LogP) is 2.50. The fraction of sp³-hybridized carbons (Fsp3) is 0.522. The van der Waals surface area contributed by atoms with Crippen LogP contribution in [-0.4, -0.2) is 63.5 Å². The minimum atomic E-state index is -1.47. The Morgan fingerprint density at radius 3 is 1.69 bits per heavy atom. The Hall–Kier alpha value is -3.83. The van der Waals surface area contributed by atoms with Crippen LogP contribution >= 0.6 is 0 Å². The topological polar surface area (TPSA) is 156 Å². The molecule has 0 aliphatic heterocycles. The molecule has 0 radical (unpaired) electrons. The van der Waals surface area contributed by atoms with E-state index in [1.165, 1.54) is 7.11 Å². The van der Waals surface area contributed by atoms with Crippen molar-refractivity contribution in [2.45, 2.75) is 38.5 Å². The summed E-state index contributed by atoms with van der Waals surface area (Å²) in [6, 6.07) is 0. The Balaban J connectivity index is 4.88. The Morgan fingerprint density at radius 2 is 1.23 bits per heavy atom. The van der Waals surface area contributed by atoms with E-state index in [4.69, 9.17) is 18.9 Å². The van der Waals surface area contributed by atoms with Crippen molar-refractivity contribution in [3.8, 4) is 0 Å². The first-order valence-corrected chi connectivity index (χ1v) is 10.8. The fourth-order valence-electron chi connectivity index (χ4n) is 2.80. The van der Waals surface area contributed by atoms with Gasteiger partial charge in [-0.1, -0.05) is 32.6 Å². The van der Waals surface area contributed by atoms with Gasteiger partial charge >= 0.3 is 30.1 Å². The van der Waals surface area contributed by atoms with E-state index in [9.17, 15) is 24.0 Å². The van der Waals surface area contributed by atoms with Gasteiger partial charge in [-0.05, 0) is 12.8 Å². The first-order valence-electron chi connectivity index (χ1n) is 10.8. The third-order valence-corrected chi connectivity index (χ3v) is 4.49. The molecule has 0 aliphatic carbocycles. The summed E-state index contributed by atoms with van der Waals surface area (Å²) in [5, 5.41) is 5.14. The summed E-state index contributed by atoms with van der Waals surface area (Å²) in [4.78, 5) is 58.9. The smallest absolute Gasteiger partial charge is 0.407 e. The quantitative estimate of drug-likeness (QED) is 0.0946. The average Bonchev–Trinajstić information content (AvgIpc) is 2.82. The lowest BCUT2D eigenvalue weighted by molar-refractivity contribution is -0.155. The maximum Gasteiger partial charge on any atom is 0.407 e. The van der Waals surface area contributed by atoms with Gasteiger partial charge in [0.05, 0.1) is 37.9 Å². The molecule has 0 aromatic heterocycles. The Bertz CT molecular complexity index is 727. The van der Waals surface area contributed by atoms with Gasteiger partial charge < -0.3 is 34.3 Å². The third-order valence-electron chi connectivity index (χ3n) is 4.49. The summed E-state index contributed by atoms with van der Waals surface area (Å²) >= 11 is 0. The van der Waals surface area contributed by atoms with E-state index < -0.39 is 61.6 Å². The third kappa shape index (κ3) is 15.6. The number of esters is 3. The van der Waals surface area contributed by atoms with E-state index in [-0.39, 0.29) is 0 Å². The van der Waals surface area contributed by atoms with Crippen LogP contribution < -0.4 is 10.6 Å². The number of carbonyl (C=O) groups excluding carboxylic acids is 5. The van der Waals surface area contributed by atoms with Gasteiger partial charge in [-0.25, -0.2) is 14.4 Å². The second-order valence-electron chi connectivity index (χ2n) is 7.31. The van der Waals surface area contributed by atoms with Crippen molar-refractivity contribution >= 4 is 30.1 Å². The second kappa shape index (κ2) is 18.6. The molecule has 0 atom stereocenters. The highest BCUT2D eigenvalue weighted by Crippen LogP contribution is 2.30. The summed E-state index contributed by atoms with van der Waals surface area (Å²) in [7, 11) is 1.29. The van der Waals surface area contributed by atoms with Crippen LogP contribution in [0.2, 0.25) is 0 Å². The summed E-state index contributed by atoms with van der Waals surface area (Å²) < 4.78 is 24.2. The molecule has 0 saturated heterocycles. The van der Waals surface area contributed by atoms with Crippen LogP contribution in [0.1, 0.15) is 38.5 Å². The molecule has 0 aromatic carbocycles. The summed E-state index contributed by atoms with van der Waals surface area (Å²) in [6.07, 6.45) is 3.61. The molecule has 2 amide bonds. The number of rotatable bonds is 18. The van der Waals surface area contributed by atoms with Gasteiger partial charge in [0.15, 0.2) is 0 Å². The molecule has 0 bridgehead atoms. The van der Waals surface area contributed by atoms with E-state index in [1.54, 1.807) is 0 Å². The number of alkyl carbamates (subject to hydrolysis) is 2. The number of hydrogen-bond donors (Lipinski definition) is 2. The van der Waals surface area contributed by atoms with Gasteiger partial charge in [0.2, 0.25) is 0 Å². The van der Waals surface area contributed by atoms with Gasteiger partial charge in [0.1, 0.15) is 13.2 Å². The van der Waals surface area contributed by atoms with Crippen LogP contribution in [-0.2, 0) is 38.1 Å². The maximum absolute atomic E-state index is 12.2. The number of hydrogen-bond acceptors (Lipinski definition) is 10. The number of carbonyl (C=O) groups is 5. The van der Waals surface area contributed by atoms with E-state index >= 15 is 0 Å². The molecular weight excluding hydrogens is 464 g/mol. The van der Waals surface area contributed by atoms with E-state index in [0.29, 0.717) is 19.5 Å². The first kappa shape index (κ1) is 31.2. The summed E-state index contributed by atoms with van der Waals surface area (Å²) in [6.45, 7) is 9.77. The molecule has 12 nitrogen and oxygen atoms in total. The van der Waals surface area contributed by atoms with Gasteiger partial charge in [-0.2, -0.15) is 0 Å². The van der Waals surface area contributed by atoms with Crippen molar-refractivity contribution in [1.29, 1.82) is 0 Å². The molecular formula is C23H34N2O10. The normalized spacial score (nSPS) is 10.2. The van der Waals surface area contributed by atoms with Crippen LogP contribution in [0.5, 0.6) is 0 Å². The van der Waals surface area contributed by atoms with E-state index in [2.05, 4.69) is 35.1 Å². The number of ether oxygens (including phenoxy) is 5. The van der Waals surface area contributed by atoms with Crippen LogP contribution in [0.3, 0.4) is 0 Å². The van der Waals surface area contributed by atoms with Crippen molar-refractivity contribution in [2.24, 2.45) is 5.41 Å². The average molecular weight is 499 g/mol. The molecule has 0 aromatic rings. The SMILES string of the molecule is C=COC(=O)CC(COC(=O)C=C)(COC(=O)NCCCCCCNC(=O)OC)CC(=O)OC=C. The lowest BCUT2D eigenvalue weighted by atomic mass is 9.82. The van der Waals surface area contributed by atoms with Crippen molar-refractivity contribution in [2.75, 3.05) is 33.4 Å². The largest absolute Gasteiger partial charge is 0.462 e. The van der Waals surface area contributed by atoms with Crippen molar-refractivity contribution in [3.63, 3.8) is 0 Å². The van der Waals surface area contributed by atoms with Crippen molar-refractivity contribution in [1.82, 2.24) is 10.6 Å². The Kier molecular flexibility index (Phi) is 16.5. The van der Waals surface area contributed by atoms with Crippen LogP contribution in [0.15, 0.2) is 38.3 Å². The Morgan fingerprint density at radius 1 is 0.743 bits per heavy atom. The number of methoxy groups -OCH3 is 1. The monoisotopic (exact) mass is 498 g/mol. The van der Waals surface area contributed by atoms with Crippen molar-refractivity contribution in [3.05, 3.63) is 38.3 Å². The highest BCUT2D eigenvalue weighted by Gasteiger charge is 2.40. The van der Waals surface area contributed by atoms with Crippen LogP contribution in [0, 0.1) is 5.41 Å². The molecule has 196 valence electrons. The zero-order valence-electron chi connectivity index (χ0n) is 20.0. The van der Waals surface area contributed by atoms with Gasteiger partial charge in [-0.15, -0.1) is 0 Å². The lowest BCUT2D eigenvalue weighted by Crippen LogP contribution is -2.40. The molecule has 0 rings (SSSR count). The maximum atomic E-state index is 12.2. The van der Waals surface area contributed by atoms with E-state index in [1.807, 2.05) is 0 Å². The van der Waals surface area contributed by atoms with E-state index in [0.717, 1.165) is 37.9 Å². The molecule has 2 N–H and O–H groups in total. The number of unbranched alkanes of at least 4 members (excludes halogenated alkanes) is 3. The molecule has 0 aliphatic rings. The van der Waals surface area contributed by atoms with Gasteiger partial charge in [0, 0.05) is 19.2 Å². The minimum absolute atomic E-state index is 0.318. The summed E-state index contributed by atoms with van der Waals surface area (Å²) in [5.41, 5.74) is -1.47. The highest BCUT2D eigenvalue weighted by atomic mass is 16.6. The second-order valence-corrected chi connectivity index (χ2v) is 7.31. The molecule has 0 fully saturated rings. The molecule has 35 heavy (non-hydrogen) atoms. The Labute approximate surface area is 204 Å². The summed E-state index contributed by atoms with van der Waals surface area (Å²) in [5.74, 6) is -2.37. The van der Waals surface area contributed by atoms with Crippen LogP contribution in [0.25, 0.3) is 0 Å². The first-order chi connectivity index (χ1) is 16.7. The molecule has 0 heterocycles. The standard InChI is InChI=1S/C23H34N2O10/c1-5-18(26)34-16-23(14-19(27)32-6-2,15-20(28)33-7-3)17-35-22(30)25-13-11-9-8-10-12-24-21(29)31-4/h5-7H,1-3,8-17H2,4H3,(H,24,29)(H,25,30). The van der Waals surface area contributed by atoms with Gasteiger partial charge in [0.25, 0.3) is 0 Å². The lowest BCUT2D eigenvalue weighted by Gasteiger charge is -2.30. The van der Waals surface area contributed by atoms with Crippen LogP contribution in [0.4, 0.5) is 9.59 Å². The predicted molar refractivity (Wildman–Crippen MR) is 124 cm³/mol.